The van der Waals surface area contributed by atoms with Crippen molar-refractivity contribution in [3.8, 4) is 0 Å². The normalized spacial score (nSPS) is 24.5. The summed E-state index contributed by atoms with van der Waals surface area (Å²) < 4.78 is 18.7. The third-order valence-corrected chi connectivity index (χ3v) is 8.27. The molecule has 6 nitrogen and oxygen atoms in total. The van der Waals surface area contributed by atoms with E-state index in [1.807, 2.05) is 18.2 Å². The highest BCUT2D eigenvalue weighted by Crippen LogP contribution is 2.32. The third-order valence-electron chi connectivity index (χ3n) is 8.27. The minimum Gasteiger partial charge on any atom is -0.354 e. The van der Waals surface area contributed by atoms with Gasteiger partial charge in [-0.1, -0.05) is 17.3 Å². The number of hydrogen-bond donors (Lipinski definition) is 0. The fourth-order valence-electron chi connectivity index (χ4n) is 6.29. The number of ketones is 1. The number of nitrogens with zero attached hydrogens (tertiary/aromatic N) is 4. The maximum absolute atomic E-state index is 13.2. The van der Waals surface area contributed by atoms with Gasteiger partial charge in [0.2, 0.25) is 0 Å². The van der Waals surface area contributed by atoms with Crippen LogP contribution in [0.3, 0.4) is 0 Å². The van der Waals surface area contributed by atoms with Gasteiger partial charge in [-0.05, 0) is 81.1 Å². The Balaban J connectivity index is 0.991. The number of piperidine rings is 2. The Hall–Kier alpha value is -2.77. The predicted molar refractivity (Wildman–Crippen MR) is 134 cm³/mol. The fourth-order valence-corrected chi connectivity index (χ4v) is 6.29. The number of carbonyl (C=O) groups excluding carboxylic acids is 1. The molecule has 0 amide bonds. The molecule has 3 aliphatic heterocycles. The van der Waals surface area contributed by atoms with Crippen molar-refractivity contribution in [2.24, 2.45) is 11.8 Å². The SMILES string of the molecule is O=C(c1ccc(F)cc1)C1CCN(C[C@@H]2CC[C@@H]3CN(c4noc5ccccc45)CCN3C2)CC1. The average Bonchev–Trinajstić information content (AvgIpc) is 3.33. The van der Waals surface area contributed by atoms with Crippen LogP contribution in [0, 0.1) is 17.7 Å². The molecule has 3 aliphatic rings. The Morgan fingerprint density at radius 3 is 2.57 bits per heavy atom. The molecule has 0 radical (unpaired) electrons. The Morgan fingerprint density at radius 1 is 0.943 bits per heavy atom. The van der Waals surface area contributed by atoms with Crippen molar-refractivity contribution in [3.05, 3.63) is 59.9 Å². The molecule has 0 bridgehead atoms. The van der Waals surface area contributed by atoms with Gasteiger partial charge in [-0.15, -0.1) is 0 Å². The number of anilines is 1. The number of piperazine rings is 1. The molecule has 0 spiro atoms. The first-order valence-electron chi connectivity index (χ1n) is 13.0. The molecule has 0 unspecified atom stereocenters. The number of likely N-dealkylation sites (tertiary alicyclic amines) is 1. The minimum absolute atomic E-state index is 0.0631. The number of rotatable bonds is 5. The molecule has 0 saturated carbocycles. The molecule has 0 N–H and O–H groups in total. The first-order valence-corrected chi connectivity index (χ1v) is 13.0. The third kappa shape index (κ3) is 4.71. The maximum atomic E-state index is 13.2. The zero-order chi connectivity index (χ0) is 23.8. The van der Waals surface area contributed by atoms with E-state index in [2.05, 4.69) is 25.9 Å². The van der Waals surface area contributed by atoms with Gasteiger partial charge in [0.1, 0.15) is 5.82 Å². The summed E-state index contributed by atoms with van der Waals surface area (Å²) >= 11 is 0. The minimum atomic E-state index is -0.292. The highest BCUT2D eigenvalue weighted by molar-refractivity contribution is 5.97. The monoisotopic (exact) mass is 476 g/mol. The lowest BCUT2D eigenvalue weighted by Gasteiger charge is -2.47. The summed E-state index contributed by atoms with van der Waals surface area (Å²) in [6.07, 6.45) is 4.27. The molecule has 3 fully saturated rings. The zero-order valence-electron chi connectivity index (χ0n) is 20.1. The van der Waals surface area contributed by atoms with Crippen LogP contribution in [0.1, 0.15) is 36.0 Å². The standard InChI is InChI=1S/C28H33FN4O2/c29-23-8-6-21(7-9-23)27(34)22-11-13-31(14-12-22)17-20-5-10-24-19-33(16-15-32(24)18-20)28-25-3-1-2-4-26(25)35-30-28/h1-4,6-9,20,22,24H,5,10-19H2/t20-,24+/m0/s1. The van der Waals surface area contributed by atoms with E-state index in [0.717, 1.165) is 75.4 Å². The van der Waals surface area contributed by atoms with Crippen LogP contribution in [-0.2, 0) is 0 Å². The Bertz CT molecular complexity index is 1170. The zero-order valence-corrected chi connectivity index (χ0v) is 20.1. The highest BCUT2D eigenvalue weighted by atomic mass is 19.1. The molecular weight excluding hydrogens is 443 g/mol. The van der Waals surface area contributed by atoms with E-state index in [4.69, 9.17) is 4.52 Å². The van der Waals surface area contributed by atoms with Crippen LogP contribution in [0.25, 0.3) is 11.0 Å². The van der Waals surface area contributed by atoms with E-state index < -0.39 is 0 Å². The quantitative estimate of drug-likeness (QED) is 0.507. The lowest BCUT2D eigenvalue weighted by Crippen LogP contribution is -2.57. The van der Waals surface area contributed by atoms with E-state index >= 15 is 0 Å². The molecule has 184 valence electrons. The number of Topliss-reactive ketones (excluding diaryl/α,β-unsaturated/α-hetero) is 1. The van der Waals surface area contributed by atoms with Gasteiger partial charge in [-0.2, -0.15) is 0 Å². The van der Waals surface area contributed by atoms with Gasteiger partial charge in [0.15, 0.2) is 17.2 Å². The topological polar surface area (TPSA) is 52.8 Å². The van der Waals surface area contributed by atoms with Gasteiger partial charge in [0.25, 0.3) is 0 Å². The number of benzene rings is 2. The van der Waals surface area contributed by atoms with E-state index in [0.29, 0.717) is 17.5 Å². The summed E-state index contributed by atoms with van der Waals surface area (Å²) in [4.78, 5) is 20.4. The summed E-state index contributed by atoms with van der Waals surface area (Å²) in [6, 6.07) is 14.7. The second-order valence-corrected chi connectivity index (χ2v) is 10.5. The van der Waals surface area contributed by atoms with Gasteiger partial charge >= 0.3 is 0 Å². The molecule has 2 aromatic carbocycles. The summed E-state index contributed by atoms with van der Waals surface area (Å²) in [6.45, 7) is 7.30. The highest BCUT2D eigenvalue weighted by Gasteiger charge is 2.35. The molecule has 35 heavy (non-hydrogen) atoms. The number of halogens is 1. The predicted octanol–water partition coefficient (Wildman–Crippen LogP) is 4.46. The number of hydrogen-bond acceptors (Lipinski definition) is 6. The fraction of sp³-hybridized carbons (Fsp3) is 0.500. The lowest BCUT2D eigenvalue weighted by atomic mass is 9.87. The molecule has 1 aromatic heterocycles. The van der Waals surface area contributed by atoms with Crippen molar-refractivity contribution in [1.29, 1.82) is 0 Å². The molecule has 7 heteroatoms. The number of para-hydroxylation sites is 1. The molecule has 4 heterocycles. The second-order valence-electron chi connectivity index (χ2n) is 10.5. The molecule has 3 aromatic rings. The Morgan fingerprint density at radius 2 is 1.74 bits per heavy atom. The molecule has 2 atom stereocenters. The van der Waals surface area contributed by atoms with Crippen LogP contribution >= 0.6 is 0 Å². The summed E-state index contributed by atoms with van der Waals surface area (Å²) in [7, 11) is 0. The summed E-state index contributed by atoms with van der Waals surface area (Å²) in [5.41, 5.74) is 1.50. The molecular formula is C28H33FN4O2. The van der Waals surface area contributed by atoms with Crippen molar-refractivity contribution >= 4 is 22.6 Å². The van der Waals surface area contributed by atoms with Crippen LogP contribution in [0.2, 0.25) is 0 Å². The van der Waals surface area contributed by atoms with Crippen LogP contribution in [-0.4, -0.2) is 72.6 Å². The van der Waals surface area contributed by atoms with Gasteiger partial charge in [0.05, 0.1) is 5.39 Å². The first-order chi connectivity index (χ1) is 17.1. The van der Waals surface area contributed by atoms with Crippen LogP contribution < -0.4 is 4.90 Å². The number of carbonyl (C=O) groups is 1. The van der Waals surface area contributed by atoms with Crippen molar-refractivity contribution in [2.75, 3.05) is 50.7 Å². The second kappa shape index (κ2) is 9.70. The Kier molecular flexibility index (Phi) is 6.29. The lowest BCUT2D eigenvalue weighted by molar-refractivity contribution is 0.0627. The van der Waals surface area contributed by atoms with E-state index in [-0.39, 0.29) is 17.5 Å². The van der Waals surface area contributed by atoms with E-state index in [1.54, 1.807) is 12.1 Å². The molecule has 0 aliphatic carbocycles. The number of aromatic nitrogens is 1. The van der Waals surface area contributed by atoms with Crippen LogP contribution in [0.4, 0.5) is 10.2 Å². The van der Waals surface area contributed by atoms with Gasteiger partial charge in [0, 0.05) is 50.2 Å². The number of fused-ring (bicyclic) bond motifs is 2. The van der Waals surface area contributed by atoms with E-state index in [1.165, 1.54) is 25.0 Å². The van der Waals surface area contributed by atoms with Crippen molar-refractivity contribution < 1.29 is 13.7 Å². The van der Waals surface area contributed by atoms with Gasteiger partial charge in [-0.3, -0.25) is 9.69 Å². The van der Waals surface area contributed by atoms with Crippen LogP contribution in [0.15, 0.2) is 53.1 Å². The molecule has 6 rings (SSSR count). The largest absolute Gasteiger partial charge is 0.354 e. The smallest absolute Gasteiger partial charge is 0.180 e. The van der Waals surface area contributed by atoms with Crippen LogP contribution in [0.5, 0.6) is 0 Å². The van der Waals surface area contributed by atoms with Crippen molar-refractivity contribution in [1.82, 2.24) is 15.0 Å². The van der Waals surface area contributed by atoms with Gasteiger partial charge < -0.3 is 14.3 Å². The van der Waals surface area contributed by atoms with E-state index in [9.17, 15) is 9.18 Å². The first kappa shape index (κ1) is 22.7. The molecule has 3 saturated heterocycles. The average molecular weight is 477 g/mol. The van der Waals surface area contributed by atoms with Crippen molar-refractivity contribution in [3.63, 3.8) is 0 Å². The summed E-state index contributed by atoms with van der Waals surface area (Å²) in [5.74, 6) is 1.62. The van der Waals surface area contributed by atoms with Crippen molar-refractivity contribution in [2.45, 2.75) is 31.7 Å². The Labute approximate surface area is 205 Å². The summed E-state index contributed by atoms with van der Waals surface area (Å²) in [5, 5.41) is 5.48. The van der Waals surface area contributed by atoms with Gasteiger partial charge in [-0.25, -0.2) is 4.39 Å². The maximum Gasteiger partial charge on any atom is 0.180 e.